The molecule has 3 unspecified atom stereocenters. The molecular weight excluding hydrogens is 923 g/mol. The van der Waals surface area contributed by atoms with Crippen LogP contribution in [-0.4, -0.2) is 97.6 Å². The van der Waals surface area contributed by atoms with Crippen LogP contribution >= 0.6 is 0 Å². The molecule has 0 bridgehead atoms. The summed E-state index contributed by atoms with van der Waals surface area (Å²) in [4.78, 5) is 77.8. The molecule has 0 aromatic heterocycles. The van der Waals surface area contributed by atoms with Crippen molar-refractivity contribution >= 4 is 41.6 Å². The van der Waals surface area contributed by atoms with E-state index in [4.69, 9.17) is 29.8 Å². The molecule has 426 valence electrons. The number of rotatable bonds is 33. The molecule has 72 heavy (non-hydrogen) atoms. The predicted molar refractivity (Wildman–Crippen MR) is 290 cm³/mol. The second-order valence-corrected chi connectivity index (χ2v) is 21.1. The molecule has 0 spiro atoms. The maximum Gasteiger partial charge on any atom is 0.333 e. The molecule has 0 aliphatic heterocycles. The lowest BCUT2D eigenvalue weighted by Crippen LogP contribution is -2.41. The number of hydrogen-bond acceptors (Lipinski definition) is 12. The van der Waals surface area contributed by atoms with E-state index in [1.807, 2.05) is 83.1 Å². The summed E-state index contributed by atoms with van der Waals surface area (Å²) in [6.07, 6.45) is 16.9. The molecular formula is C56H109N3O13. The normalized spacial score (nSPS) is 12.4. The molecule has 0 saturated heterocycles. The third kappa shape index (κ3) is 43.5. The summed E-state index contributed by atoms with van der Waals surface area (Å²) in [7, 11) is 0. The molecule has 0 aromatic rings. The predicted octanol–water partition coefficient (Wildman–Crippen LogP) is 11.0. The zero-order valence-corrected chi connectivity index (χ0v) is 49.0. The van der Waals surface area contributed by atoms with Crippen molar-refractivity contribution in [3.63, 3.8) is 0 Å². The molecule has 3 amide bonds. The molecule has 0 aliphatic rings. The van der Waals surface area contributed by atoms with Crippen molar-refractivity contribution in [2.24, 2.45) is 39.2 Å². The Morgan fingerprint density at radius 3 is 1.24 bits per heavy atom. The standard InChI is InChI=1S/C20H40O3.C13H22O5.C11H22N2O2.C6H13NO.C6H12O2/c1-5-7-8-9-10-11-12-13-14-15-16-22-17-18-23-19(21)20(3,4)6-2;1-6-13(4,5)12(16)18-8-10(14)7-17-11(15)9(2)3;1-5-8(3)10(14)12-7-13-11(15)9(4)6-2;2*1-4-6(2,3)5(7)8/h5-18H2,1-4H3;10,14H,2,6-8H2,1,3-5H3;8-9H,5-7H2,1-4H3,(H,12,14)(H,13,15);4H2,1-3H3,(H2,7,8);4H2,1-3H3,(H,7,8). The first-order valence-electron chi connectivity index (χ1n) is 26.8. The van der Waals surface area contributed by atoms with Gasteiger partial charge in [0.15, 0.2) is 0 Å². The van der Waals surface area contributed by atoms with E-state index < -0.39 is 28.9 Å². The Labute approximate surface area is 438 Å². The minimum Gasteiger partial charge on any atom is -0.481 e. The van der Waals surface area contributed by atoms with Gasteiger partial charge in [0.2, 0.25) is 17.7 Å². The maximum absolute atomic E-state index is 11.7. The summed E-state index contributed by atoms with van der Waals surface area (Å²) in [6.45, 7) is 38.5. The summed E-state index contributed by atoms with van der Waals surface area (Å²) < 4.78 is 20.4. The maximum atomic E-state index is 11.7. The van der Waals surface area contributed by atoms with Crippen LogP contribution in [0.2, 0.25) is 0 Å². The number of nitrogens with two attached hydrogens (primary N) is 1. The molecule has 16 nitrogen and oxygen atoms in total. The number of aliphatic hydroxyl groups is 1. The van der Waals surface area contributed by atoms with Gasteiger partial charge in [-0.25, -0.2) is 4.79 Å². The Hall–Kier alpha value is -4.05. The summed E-state index contributed by atoms with van der Waals surface area (Å²) in [5.74, 6) is -2.04. The number of esters is 3. The van der Waals surface area contributed by atoms with E-state index >= 15 is 0 Å². The highest BCUT2D eigenvalue weighted by atomic mass is 16.6. The summed E-state index contributed by atoms with van der Waals surface area (Å²) in [6, 6.07) is 0. The van der Waals surface area contributed by atoms with Gasteiger partial charge in [0.1, 0.15) is 25.9 Å². The van der Waals surface area contributed by atoms with E-state index in [1.165, 1.54) is 64.7 Å². The van der Waals surface area contributed by atoms with Gasteiger partial charge in [0, 0.05) is 29.4 Å². The monoisotopic (exact) mass is 1030 g/mol. The van der Waals surface area contributed by atoms with Gasteiger partial charge < -0.3 is 45.5 Å². The molecule has 0 saturated carbocycles. The fourth-order valence-corrected chi connectivity index (χ4v) is 4.44. The smallest absolute Gasteiger partial charge is 0.333 e. The highest BCUT2D eigenvalue weighted by molar-refractivity contribution is 5.87. The molecule has 0 aromatic carbocycles. The number of nitrogens with one attached hydrogen (secondary N) is 2. The number of amides is 3. The summed E-state index contributed by atoms with van der Waals surface area (Å²) in [5, 5.41) is 23.3. The number of primary amides is 1. The Balaban J connectivity index is -0.000000274. The van der Waals surface area contributed by atoms with Crippen molar-refractivity contribution < 1.29 is 62.7 Å². The van der Waals surface area contributed by atoms with Crippen LogP contribution in [0, 0.1) is 33.5 Å². The van der Waals surface area contributed by atoms with Gasteiger partial charge in [-0.3, -0.25) is 28.8 Å². The van der Waals surface area contributed by atoms with E-state index in [-0.39, 0.29) is 77.8 Å². The first-order valence-corrected chi connectivity index (χ1v) is 26.8. The minimum absolute atomic E-state index is 0.00509. The van der Waals surface area contributed by atoms with Gasteiger partial charge >= 0.3 is 23.9 Å². The lowest BCUT2D eigenvalue weighted by Gasteiger charge is -2.21. The van der Waals surface area contributed by atoms with Crippen molar-refractivity contribution in [1.82, 2.24) is 10.6 Å². The van der Waals surface area contributed by atoms with Gasteiger partial charge in [0.25, 0.3) is 0 Å². The van der Waals surface area contributed by atoms with Crippen LogP contribution < -0.4 is 16.4 Å². The lowest BCUT2D eigenvalue weighted by atomic mass is 9.90. The number of carboxylic acid groups (broad SMARTS) is 1. The van der Waals surface area contributed by atoms with Crippen molar-refractivity contribution in [2.75, 3.05) is 39.7 Å². The first kappa shape index (κ1) is 76.9. The zero-order chi connectivity index (χ0) is 57.1. The Morgan fingerprint density at radius 2 is 0.917 bits per heavy atom. The minimum atomic E-state index is -1.02. The van der Waals surface area contributed by atoms with Crippen LogP contribution in [0.4, 0.5) is 0 Å². The molecule has 0 radical (unpaired) electrons. The second kappa shape index (κ2) is 44.4. The average molecular weight is 1030 g/mol. The summed E-state index contributed by atoms with van der Waals surface area (Å²) in [5.41, 5.74) is 3.48. The Bertz CT molecular complexity index is 1450. The number of carbonyl (C=O) groups excluding carboxylic acids is 6. The van der Waals surface area contributed by atoms with Gasteiger partial charge in [-0.15, -0.1) is 0 Å². The largest absolute Gasteiger partial charge is 0.481 e. The van der Waals surface area contributed by atoms with Gasteiger partial charge in [-0.2, -0.15) is 0 Å². The van der Waals surface area contributed by atoms with Crippen LogP contribution in [0.5, 0.6) is 0 Å². The molecule has 0 heterocycles. The van der Waals surface area contributed by atoms with E-state index in [1.54, 1.807) is 27.7 Å². The van der Waals surface area contributed by atoms with E-state index in [2.05, 4.69) is 24.1 Å². The van der Waals surface area contributed by atoms with Crippen molar-refractivity contribution in [1.29, 1.82) is 0 Å². The van der Waals surface area contributed by atoms with Crippen LogP contribution in [0.1, 0.15) is 227 Å². The number of hydrogen-bond donors (Lipinski definition) is 5. The average Bonchev–Trinajstić information content (AvgIpc) is 3.34. The van der Waals surface area contributed by atoms with E-state index in [0.29, 0.717) is 26.1 Å². The number of aliphatic hydroxyl groups excluding tert-OH is 1. The Morgan fingerprint density at radius 1 is 0.542 bits per heavy atom. The molecule has 6 N–H and O–H groups in total. The van der Waals surface area contributed by atoms with Gasteiger partial charge in [0.05, 0.1) is 29.5 Å². The SMILES string of the molecule is C=C(C)C(=O)OCC(O)COC(=O)C(C)(C)CC.CCC(C)(C)C(=O)O.CCC(C)(C)C(N)=O.CCC(C)C(=O)NCNC(=O)C(C)CC.CCCCCCCCCCCCOCCOC(=O)C(C)(C)CC. The fourth-order valence-electron chi connectivity index (χ4n) is 4.44. The number of aliphatic carboxylic acids is 1. The first-order chi connectivity index (χ1) is 33.3. The third-order valence-corrected chi connectivity index (χ3v) is 12.8. The zero-order valence-electron chi connectivity index (χ0n) is 49.0. The molecule has 0 rings (SSSR count). The molecule has 16 heteroatoms. The van der Waals surface area contributed by atoms with Crippen LogP contribution in [0.25, 0.3) is 0 Å². The molecule has 3 atom stereocenters. The van der Waals surface area contributed by atoms with Crippen molar-refractivity contribution in [3.05, 3.63) is 12.2 Å². The quantitative estimate of drug-likeness (QED) is 0.0135. The van der Waals surface area contributed by atoms with E-state index in [0.717, 1.165) is 38.7 Å². The number of ether oxygens (including phenoxy) is 4. The van der Waals surface area contributed by atoms with Crippen LogP contribution in [-0.2, 0) is 52.5 Å². The van der Waals surface area contributed by atoms with Crippen LogP contribution in [0.15, 0.2) is 12.2 Å². The third-order valence-electron chi connectivity index (χ3n) is 12.8. The topological polar surface area (TPSA) is 247 Å². The Kier molecular flexibility index (Phi) is 47.4. The second-order valence-electron chi connectivity index (χ2n) is 21.1. The number of unbranched alkanes of at least 4 members (excludes halogenated alkanes) is 9. The summed E-state index contributed by atoms with van der Waals surface area (Å²) >= 11 is 0. The van der Waals surface area contributed by atoms with Gasteiger partial charge in [-0.1, -0.05) is 141 Å². The van der Waals surface area contributed by atoms with E-state index in [9.17, 15) is 38.7 Å². The lowest BCUT2D eigenvalue weighted by molar-refractivity contribution is -0.159. The van der Waals surface area contributed by atoms with Crippen molar-refractivity contribution in [2.45, 2.75) is 233 Å². The molecule has 0 fully saturated rings. The highest BCUT2D eigenvalue weighted by Gasteiger charge is 2.28. The van der Waals surface area contributed by atoms with Gasteiger partial charge in [-0.05, 0) is 93.4 Å². The number of carboxylic acids is 1. The highest BCUT2D eigenvalue weighted by Crippen LogP contribution is 2.23. The number of carbonyl (C=O) groups is 7. The van der Waals surface area contributed by atoms with Crippen LogP contribution in [0.3, 0.4) is 0 Å². The van der Waals surface area contributed by atoms with Crippen molar-refractivity contribution in [3.8, 4) is 0 Å². The molecule has 0 aliphatic carbocycles. The fraction of sp³-hybridized carbons (Fsp3) is 0.839.